The molecular formula is C112H144ClFN26O5. The van der Waals surface area contributed by atoms with Crippen molar-refractivity contribution in [3.8, 4) is 29.4 Å². The maximum atomic E-state index is 13.5. The number of piperazine rings is 5. The molecule has 5 aliphatic rings. The van der Waals surface area contributed by atoms with Crippen molar-refractivity contribution in [2.45, 2.75) is 138 Å². The summed E-state index contributed by atoms with van der Waals surface area (Å²) in [5.41, 5.74) is 19.2. The second-order valence-corrected chi connectivity index (χ2v) is 39.0. The van der Waals surface area contributed by atoms with Gasteiger partial charge in [0.25, 0.3) is 0 Å². The van der Waals surface area contributed by atoms with Crippen molar-refractivity contribution >= 4 is 102 Å². The van der Waals surface area contributed by atoms with E-state index < -0.39 is 0 Å². The number of methoxy groups -OCH3 is 5. The normalized spacial score (nSPS) is 15.1. The summed E-state index contributed by atoms with van der Waals surface area (Å²) >= 11 is 6.15. The van der Waals surface area contributed by atoms with Crippen LogP contribution in [0.2, 0.25) is 5.02 Å². The van der Waals surface area contributed by atoms with E-state index in [1.807, 2.05) is 101 Å². The minimum Gasteiger partial charge on any atom is -0.481 e. The summed E-state index contributed by atoms with van der Waals surface area (Å²) in [6, 6.07) is 41.3. The van der Waals surface area contributed by atoms with Crippen molar-refractivity contribution in [2.75, 3.05) is 224 Å². The zero-order valence-corrected chi connectivity index (χ0v) is 87.2. The van der Waals surface area contributed by atoms with E-state index in [1.165, 1.54) is 117 Å². The molecule has 0 aliphatic carbocycles. The van der Waals surface area contributed by atoms with Gasteiger partial charge in [-0.15, -0.1) is 0 Å². The van der Waals surface area contributed by atoms with Crippen LogP contribution in [0.25, 0.3) is 59.4 Å². The smallest absolute Gasteiger partial charge is 0.228 e. The van der Waals surface area contributed by atoms with Crippen LogP contribution >= 0.6 is 11.6 Å². The number of nitrogens with zero attached hydrogens (tertiary/aromatic N) is 21. The largest absolute Gasteiger partial charge is 0.481 e. The number of benzene rings is 5. The standard InChI is InChI=1S/C23H28N6O.C23H31N5O.C22H28ClN5O.C22H28FN5O.C22H29N5O/c1-17-14-22(30-3)27-23(26-17)29-12-10-28(11-13-29)9-5-4-6-18-16-25-21-8-7-19(24-2)15-20(18)21;1-17-7-8-21-20(14-17)19(16-24-21)6-4-5-9-27-10-12-28(13-11-27)23-25-18(2)15-22(26-23)29-3;2*1-16-13-21(29-2)26-22(25-16)28-11-9-27(10-12-28)8-4-3-5-17-15-24-20-7-6-18(23)14-19(17)20;1-17-15-21(28-2)25-22(24-17)27-13-11-26(12-14-27)10-6-5-7-18-16-23-20-9-4-3-8-19(18)20/h7-8,14-16,25H,4-6,9-13H2,1,3H3;7-8,14-16,24H,4-6,9-13H2,1-3H3;2*6-7,13-15,24H,3-5,8-12H2,1-2H3;3-4,8-9,15-16,23H,5-7,10-14H2,1-2H3. The first-order valence-electron chi connectivity index (χ1n) is 51.7. The first-order valence-corrected chi connectivity index (χ1v) is 52.1. The molecule has 0 saturated carbocycles. The fourth-order valence-electron chi connectivity index (χ4n) is 20.0. The Hall–Kier alpha value is -13.3. The number of anilines is 5. The third-order valence-corrected chi connectivity index (χ3v) is 28.4. The SMILES string of the molecule is COc1cc(C)nc(N2CCN(CCCCc3c[nH]c4ccc(C)cc34)CC2)n1.COc1cc(C)nc(N2CCN(CCCCc3c[nH]c4ccc(Cl)cc34)CC2)n1.COc1cc(C)nc(N2CCN(CCCCc3c[nH]c4ccc(F)cc34)CC2)n1.COc1cc(C)nc(N2CCN(CCCCc3c[nH]c4ccccc34)CC2)n1.[C-]#[N+]c1ccc2[nH]cc(CCCCN3CCN(c4nc(C)cc(OC)n4)CC3)c2c1. The molecule has 0 bridgehead atoms. The topological polar surface area (TPSA) is 291 Å². The number of rotatable bonds is 35. The highest BCUT2D eigenvalue weighted by Crippen LogP contribution is 2.32. The third-order valence-electron chi connectivity index (χ3n) is 28.2. The lowest BCUT2D eigenvalue weighted by Crippen LogP contribution is -2.47. The van der Waals surface area contributed by atoms with E-state index in [1.54, 1.807) is 47.7 Å². The summed E-state index contributed by atoms with van der Waals surface area (Å²) in [7, 11) is 8.23. The van der Waals surface area contributed by atoms with Crippen LogP contribution in [-0.4, -0.2) is 298 Å². The van der Waals surface area contributed by atoms with Crippen LogP contribution in [0.15, 0.2) is 158 Å². The zero-order valence-electron chi connectivity index (χ0n) is 86.5. The molecule has 0 atom stereocenters. The zero-order chi connectivity index (χ0) is 101. The molecule has 31 nitrogen and oxygen atoms in total. The number of nitrogens with one attached hydrogen (secondary N) is 5. The average molecular weight is 1990 g/mol. The molecule has 5 N–H and O–H groups in total. The van der Waals surface area contributed by atoms with Crippen LogP contribution < -0.4 is 48.2 Å². The lowest BCUT2D eigenvalue weighted by atomic mass is 10.1. The van der Waals surface area contributed by atoms with Gasteiger partial charge < -0.3 is 73.1 Å². The molecule has 145 heavy (non-hydrogen) atoms. The van der Waals surface area contributed by atoms with Gasteiger partial charge in [0.1, 0.15) is 5.82 Å². The van der Waals surface area contributed by atoms with Crippen molar-refractivity contribution in [3.05, 3.63) is 242 Å². The number of ether oxygens (including phenoxy) is 5. The van der Waals surface area contributed by atoms with Crippen molar-refractivity contribution < 1.29 is 28.1 Å². The van der Waals surface area contributed by atoms with Gasteiger partial charge in [-0.2, -0.15) is 24.9 Å². The predicted molar refractivity (Wildman–Crippen MR) is 582 cm³/mol. The molecule has 5 aromatic carbocycles. The number of aromatic nitrogens is 15. The molecule has 766 valence electrons. The summed E-state index contributed by atoms with van der Waals surface area (Å²) in [6.07, 6.45) is 27.8. The molecule has 10 aromatic heterocycles. The van der Waals surface area contributed by atoms with Gasteiger partial charge in [-0.25, -0.2) is 34.2 Å². The van der Waals surface area contributed by atoms with Crippen LogP contribution in [0, 0.1) is 53.9 Å². The highest BCUT2D eigenvalue weighted by molar-refractivity contribution is 6.31. The van der Waals surface area contributed by atoms with Gasteiger partial charge in [0.15, 0.2) is 5.69 Å². The summed E-state index contributed by atoms with van der Waals surface area (Å²) in [5, 5.41) is 6.99. The second-order valence-electron chi connectivity index (χ2n) is 38.6. The Bertz CT molecular complexity index is 6320. The first-order chi connectivity index (χ1) is 70.7. The number of aryl methyl sites for hydroxylation is 11. The fraction of sp³-hybridized carbons (Fsp3) is 0.455. The van der Waals surface area contributed by atoms with Gasteiger partial charge in [-0.1, -0.05) is 47.5 Å². The van der Waals surface area contributed by atoms with E-state index in [2.05, 4.69) is 209 Å². The second kappa shape index (κ2) is 52.0. The highest BCUT2D eigenvalue weighted by atomic mass is 35.5. The van der Waals surface area contributed by atoms with E-state index in [0.717, 1.165) is 300 Å². The van der Waals surface area contributed by atoms with Crippen LogP contribution in [0.3, 0.4) is 0 Å². The highest BCUT2D eigenvalue weighted by Gasteiger charge is 2.27. The van der Waals surface area contributed by atoms with E-state index in [0.29, 0.717) is 35.1 Å². The summed E-state index contributed by atoms with van der Waals surface area (Å²) in [5.74, 6) is 6.86. The molecule has 5 saturated heterocycles. The first kappa shape index (κ1) is 105. The third kappa shape index (κ3) is 29.3. The van der Waals surface area contributed by atoms with Crippen molar-refractivity contribution in [2.24, 2.45) is 0 Å². The van der Waals surface area contributed by atoms with E-state index in [4.69, 9.17) is 41.9 Å². The minimum atomic E-state index is -0.175. The Balaban J connectivity index is 0.000000130. The average Bonchev–Trinajstić information content (AvgIpc) is 1.54. The predicted octanol–water partition coefficient (Wildman–Crippen LogP) is 18.8. The molecule has 0 unspecified atom stereocenters. The molecule has 5 aliphatic heterocycles. The maximum absolute atomic E-state index is 13.5. The van der Waals surface area contributed by atoms with E-state index in [-0.39, 0.29) is 5.82 Å². The number of unbranched alkanes of at least 4 members (excludes halogenated alkanes) is 5. The Morgan fingerprint density at radius 2 is 0.552 bits per heavy atom. The van der Waals surface area contributed by atoms with Crippen LogP contribution in [-0.2, 0) is 32.1 Å². The molecule has 0 amide bonds. The van der Waals surface area contributed by atoms with E-state index >= 15 is 0 Å². The number of para-hydroxylation sites is 1. The van der Waals surface area contributed by atoms with Gasteiger partial charge in [0.05, 0.1) is 42.1 Å². The Labute approximate surface area is 857 Å². The van der Waals surface area contributed by atoms with Crippen molar-refractivity contribution in [3.63, 3.8) is 0 Å². The van der Waals surface area contributed by atoms with Gasteiger partial charge >= 0.3 is 0 Å². The molecular weight excluding hydrogens is 1840 g/mol. The number of hydrogen-bond acceptors (Lipinski definition) is 25. The summed E-state index contributed by atoms with van der Waals surface area (Å²) in [6.45, 7) is 44.8. The molecule has 0 spiro atoms. The van der Waals surface area contributed by atoms with Crippen LogP contribution in [0.5, 0.6) is 29.4 Å². The Morgan fingerprint density at radius 1 is 0.290 bits per heavy atom. The minimum absolute atomic E-state index is 0.175. The van der Waals surface area contributed by atoms with E-state index in [9.17, 15) is 4.39 Å². The lowest BCUT2D eigenvalue weighted by molar-refractivity contribution is 0.251. The van der Waals surface area contributed by atoms with Gasteiger partial charge in [0, 0.05) is 275 Å². The lowest BCUT2D eigenvalue weighted by Gasteiger charge is -2.34. The molecule has 0 radical (unpaired) electrons. The van der Waals surface area contributed by atoms with Gasteiger partial charge in [0.2, 0.25) is 59.1 Å². The molecule has 20 rings (SSSR count). The molecule has 15 heterocycles. The summed E-state index contributed by atoms with van der Waals surface area (Å²) in [4.78, 5) is 89.5. The number of halogens is 2. The molecule has 15 aromatic rings. The summed E-state index contributed by atoms with van der Waals surface area (Å²) < 4.78 is 39.9. The Kier molecular flexibility index (Phi) is 37.5. The van der Waals surface area contributed by atoms with Crippen LogP contribution in [0.4, 0.5) is 39.8 Å². The fourth-order valence-corrected chi connectivity index (χ4v) is 20.1. The maximum Gasteiger partial charge on any atom is 0.228 e. The quantitative estimate of drug-likeness (QED) is 0.0182. The number of hydrogen-bond donors (Lipinski definition) is 5. The number of aromatic amines is 5. The monoisotopic (exact) mass is 1990 g/mol. The van der Waals surface area contributed by atoms with Crippen LogP contribution in [0.1, 0.15) is 126 Å². The number of H-pyrrole nitrogens is 5. The number of fused-ring (bicyclic) bond motifs is 5. The van der Waals surface area contributed by atoms with Gasteiger partial charge in [-0.3, -0.25) is 24.5 Å². The Morgan fingerprint density at radius 3 is 0.862 bits per heavy atom. The van der Waals surface area contributed by atoms with Crippen molar-refractivity contribution in [1.82, 2.24) is 99.3 Å². The molecule has 33 heteroatoms. The van der Waals surface area contributed by atoms with Gasteiger partial charge in [-0.05, 0) is 271 Å². The van der Waals surface area contributed by atoms with Crippen molar-refractivity contribution in [1.29, 1.82) is 0 Å². The molecule has 5 fully saturated rings.